The Morgan fingerprint density at radius 1 is 0.660 bits per heavy atom. The molecule has 4 heterocycles. The summed E-state index contributed by atoms with van der Waals surface area (Å²) in [5.74, 6) is -3.06. The van der Waals surface area contributed by atoms with E-state index < -0.39 is 17.9 Å². The van der Waals surface area contributed by atoms with E-state index in [4.69, 9.17) is 0 Å². The Hall–Kier alpha value is -5.64. The van der Waals surface area contributed by atoms with E-state index >= 15 is 0 Å². The monoisotopic (exact) mass is 768 g/mol. The number of aryl methyl sites for hydroxylation is 2. The van der Waals surface area contributed by atoms with E-state index in [2.05, 4.69) is 36.1 Å². The van der Waals surface area contributed by atoms with Crippen molar-refractivity contribution in [3.05, 3.63) is 127 Å². The zero-order valence-corrected chi connectivity index (χ0v) is 29.4. The van der Waals surface area contributed by atoms with Gasteiger partial charge in [0.15, 0.2) is 0 Å². The summed E-state index contributed by atoms with van der Waals surface area (Å²) in [6.07, 6.45) is 0. The van der Waals surface area contributed by atoms with Crippen molar-refractivity contribution < 1.29 is 30.0 Å². The lowest BCUT2D eigenvalue weighted by atomic mass is 9.85. The van der Waals surface area contributed by atoms with E-state index in [1.54, 1.807) is 48.9 Å². The minimum absolute atomic E-state index is 0.162. The first kappa shape index (κ1) is 32.9. The average molecular weight is 770 g/mol. The summed E-state index contributed by atoms with van der Waals surface area (Å²) < 4.78 is 3.57. The van der Waals surface area contributed by atoms with Gasteiger partial charge in [-0.3, -0.25) is 0 Å². The molecule has 7 aromatic rings. The molecule has 0 saturated carbocycles. The Labute approximate surface area is 300 Å². The third kappa shape index (κ3) is 5.95. The summed E-state index contributed by atoms with van der Waals surface area (Å²) in [6, 6.07) is 20.3. The minimum atomic E-state index is -1.02. The molecular weight excluding hydrogens is 744 g/mol. The lowest BCUT2D eigenvalue weighted by molar-refractivity contribution is 0.0686. The van der Waals surface area contributed by atoms with Gasteiger partial charge in [-0.2, -0.15) is 19.6 Å². The van der Waals surface area contributed by atoms with Gasteiger partial charge in [0.1, 0.15) is 0 Å². The zero-order valence-electron chi connectivity index (χ0n) is 26.1. The molecule has 0 unspecified atom stereocenters. The van der Waals surface area contributed by atoms with Crippen molar-refractivity contribution in [1.82, 2.24) is 29.5 Å². The van der Waals surface area contributed by atoms with Crippen molar-refractivity contribution in [2.45, 2.75) is 19.8 Å². The molecule has 4 aromatic heterocycles. The smallest absolute Gasteiger partial charge is 0.335 e. The molecular formula is C35H25BrN6O6S2. The van der Waals surface area contributed by atoms with Crippen LogP contribution in [-0.2, 0) is 0 Å². The van der Waals surface area contributed by atoms with Gasteiger partial charge in [-0.1, -0.05) is 52.3 Å². The van der Waals surface area contributed by atoms with Crippen LogP contribution in [0.3, 0.4) is 0 Å². The number of aromatic carboxylic acids is 2. The predicted molar refractivity (Wildman–Crippen MR) is 191 cm³/mol. The van der Waals surface area contributed by atoms with E-state index in [1.807, 2.05) is 24.3 Å². The summed E-state index contributed by atoms with van der Waals surface area (Å²) in [6.45, 7) is 3.55. The Morgan fingerprint density at radius 3 is 1.44 bits per heavy atom. The highest BCUT2D eigenvalue weighted by molar-refractivity contribution is 9.10. The Balaban J connectivity index is 1.29. The number of halogens is 1. The van der Waals surface area contributed by atoms with E-state index in [9.17, 15) is 30.0 Å². The molecule has 12 nitrogen and oxygen atoms in total. The van der Waals surface area contributed by atoms with Crippen molar-refractivity contribution >= 4 is 50.5 Å². The number of carboxylic acids is 2. The third-order valence-corrected chi connectivity index (χ3v) is 10.3. The number of carboxylic acid groups (broad SMARTS) is 2. The summed E-state index contributed by atoms with van der Waals surface area (Å²) in [5.41, 5.74) is 5.62. The van der Waals surface area contributed by atoms with Gasteiger partial charge in [0.2, 0.25) is 22.0 Å². The largest absolute Gasteiger partial charge is 0.493 e. The van der Waals surface area contributed by atoms with Crippen LogP contribution in [0, 0.1) is 13.8 Å². The number of carbonyl (C=O) groups is 2. The maximum Gasteiger partial charge on any atom is 0.335 e. The molecule has 0 spiro atoms. The molecule has 0 radical (unpaired) electrons. The quantitative estimate of drug-likeness (QED) is 0.114. The molecule has 4 N–H and O–H groups in total. The van der Waals surface area contributed by atoms with Gasteiger partial charge in [-0.15, -0.1) is 22.7 Å². The number of nitrogens with zero attached hydrogens (tertiary/aromatic N) is 6. The highest BCUT2D eigenvalue weighted by Crippen LogP contribution is 2.45. The normalized spacial score (nSPS) is 11.4. The first-order valence-corrected chi connectivity index (χ1v) is 17.5. The molecule has 0 bridgehead atoms. The average Bonchev–Trinajstić information content (AvgIpc) is 3.90. The van der Waals surface area contributed by atoms with Crippen LogP contribution in [0.1, 0.15) is 54.7 Å². The number of thiazole rings is 2. The summed E-state index contributed by atoms with van der Waals surface area (Å²) >= 11 is 6.03. The Morgan fingerprint density at radius 2 is 1.06 bits per heavy atom. The zero-order chi connectivity index (χ0) is 35.3. The SMILES string of the molecule is Cc1nn(-c2nc(-c3ccc(C(=O)O)cc3)cs2)c(O)c1C(c1ccc(Br)cc1)c1c(C)nn(-c2nc(-c3ccc(C(=O)O)cc3)cs2)c1O. The second-order valence-electron chi connectivity index (χ2n) is 11.2. The molecule has 50 heavy (non-hydrogen) atoms. The van der Waals surface area contributed by atoms with E-state index in [1.165, 1.54) is 56.3 Å². The van der Waals surface area contributed by atoms with Gasteiger partial charge in [-0.25, -0.2) is 19.6 Å². The molecule has 0 atom stereocenters. The lowest BCUT2D eigenvalue weighted by Gasteiger charge is -2.18. The Kier molecular flexibility index (Phi) is 8.55. The molecule has 0 aliphatic heterocycles. The van der Waals surface area contributed by atoms with Gasteiger partial charge >= 0.3 is 11.9 Å². The molecule has 0 amide bonds. The van der Waals surface area contributed by atoms with Crippen molar-refractivity contribution in [2.75, 3.05) is 0 Å². The van der Waals surface area contributed by atoms with Gasteiger partial charge in [0.05, 0.1) is 33.9 Å². The van der Waals surface area contributed by atoms with Crippen LogP contribution in [-0.4, -0.2) is 61.9 Å². The van der Waals surface area contributed by atoms with Gasteiger partial charge < -0.3 is 20.4 Å². The first-order chi connectivity index (χ1) is 24.0. The van der Waals surface area contributed by atoms with Gasteiger partial charge in [0, 0.05) is 43.4 Å². The Bertz CT molecular complexity index is 2250. The molecule has 15 heteroatoms. The van der Waals surface area contributed by atoms with Crippen molar-refractivity contribution in [3.63, 3.8) is 0 Å². The molecule has 3 aromatic carbocycles. The molecule has 0 saturated heterocycles. The second kappa shape index (κ2) is 13.0. The lowest BCUT2D eigenvalue weighted by Crippen LogP contribution is -2.06. The molecule has 0 aliphatic carbocycles. The minimum Gasteiger partial charge on any atom is -0.493 e. The topological polar surface area (TPSA) is 176 Å². The van der Waals surface area contributed by atoms with Crippen molar-refractivity contribution in [3.8, 4) is 44.5 Å². The molecule has 0 aliphatic rings. The first-order valence-electron chi connectivity index (χ1n) is 14.9. The van der Waals surface area contributed by atoms with Crippen LogP contribution < -0.4 is 0 Å². The predicted octanol–water partition coefficient (Wildman–Crippen LogP) is 7.67. The fourth-order valence-electron chi connectivity index (χ4n) is 5.69. The van der Waals surface area contributed by atoms with Gasteiger partial charge in [0.25, 0.3) is 0 Å². The number of benzene rings is 3. The number of hydrogen-bond donors (Lipinski definition) is 4. The summed E-state index contributed by atoms with van der Waals surface area (Å²) in [7, 11) is 0. The van der Waals surface area contributed by atoms with E-state index in [0.717, 1.165) is 10.0 Å². The van der Waals surface area contributed by atoms with Crippen LogP contribution in [0.2, 0.25) is 0 Å². The van der Waals surface area contributed by atoms with Crippen LogP contribution >= 0.6 is 38.6 Å². The summed E-state index contributed by atoms with van der Waals surface area (Å²) in [4.78, 5) is 31.9. The maximum atomic E-state index is 11.8. The number of hydrogen-bond acceptors (Lipinski definition) is 10. The maximum absolute atomic E-state index is 11.8. The van der Waals surface area contributed by atoms with Crippen LogP contribution in [0.15, 0.2) is 88.0 Å². The molecule has 0 fully saturated rings. The van der Waals surface area contributed by atoms with Crippen LogP contribution in [0.5, 0.6) is 11.8 Å². The molecule has 7 rings (SSSR count). The third-order valence-electron chi connectivity index (χ3n) is 8.15. The fourth-order valence-corrected chi connectivity index (χ4v) is 7.52. The van der Waals surface area contributed by atoms with Crippen LogP contribution in [0.4, 0.5) is 0 Å². The summed E-state index contributed by atoms with van der Waals surface area (Å²) in [5, 5.41) is 55.8. The fraction of sp³-hybridized carbons (Fsp3) is 0.0857. The second-order valence-corrected chi connectivity index (χ2v) is 13.8. The highest BCUT2D eigenvalue weighted by Gasteiger charge is 2.34. The van der Waals surface area contributed by atoms with Crippen molar-refractivity contribution in [1.29, 1.82) is 0 Å². The van der Waals surface area contributed by atoms with E-state index in [0.29, 0.717) is 55.3 Å². The van der Waals surface area contributed by atoms with Crippen molar-refractivity contribution in [2.24, 2.45) is 0 Å². The number of rotatable bonds is 9. The van der Waals surface area contributed by atoms with E-state index in [-0.39, 0.29) is 22.9 Å². The highest BCUT2D eigenvalue weighted by atomic mass is 79.9. The standard InChI is InChI=1S/C35H25BrN6O6S2/c1-17-27(30(43)41(39-17)34-37-25(15-49-34)19-3-7-22(8-4-19)32(45)46)29(21-11-13-24(36)14-12-21)28-18(2)40-42(31(28)44)35-38-26(16-50-35)20-5-9-23(10-6-20)33(47)48/h3-16,29,43-44H,1-2H3,(H,45,46)(H,47,48). The number of aromatic nitrogens is 6. The van der Waals surface area contributed by atoms with Crippen LogP contribution in [0.25, 0.3) is 32.8 Å². The van der Waals surface area contributed by atoms with Gasteiger partial charge in [-0.05, 0) is 55.8 Å². The number of aromatic hydroxyl groups is 2. The molecule has 250 valence electrons.